The number of benzene rings is 2. The first kappa shape index (κ1) is 22.4. The molecule has 2 aliphatic carbocycles. The van der Waals surface area contributed by atoms with Gasteiger partial charge in [-0.15, -0.1) is 0 Å². The van der Waals surface area contributed by atoms with Gasteiger partial charge in [-0.25, -0.2) is 4.79 Å². The van der Waals surface area contributed by atoms with E-state index in [2.05, 4.69) is 29.6 Å². The highest BCUT2D eigenvalue weighted by Crippen LogP contribution is 2.44. The van der Waals surface area contributed by atoms with Crippen molar-refractivity contribution in [2.24, 2.45) is 11.8 Å². The van der Waals surface area contributed by atoms with Gasteiger partial charge < -0.3 is 20.1 Å². The van der Waals surface area contributed by atoms with E-state index in [0.717, 1.165) is 35.1 Å². The van der Waals surface area contributed by atoms with E-state index in [4.69, 9.17) is 4.74 Å². The van der Waals surface area contributed by atoms with Crippen LogP contribution in [0.4, 0.5) is 4.79 Å². The van der Waals surface area contributed by atoms with E-state index in [1.54, 1.807) is 11.8 Å². The molecule has 0 spiro atoms. The first-order valence-corrected chi connectivity index (χ1v) is 12.1. The molecule has 2 N–H and O–H groups in total. The number of fused-ring (bicyclic) bond motifs is 3. The van der Waals surface area contributed by atoms with Crippen molar-refractivity contribution in [2.75, 3.05) is 13.2 Å². The van der Waals surface area contributed by atoms with Crippen LogP contribution in [-0.4, -0.2) is 53.2 Å². The van der Waals surface area contributed by atoms with Crippen LogP contribution in [0.25, 0.3) is 11.1 Å². The van der Waals surface area contributed by atoms with Gasteiger partial charge in [-0.1, -0.05) is 48.5 Å². The van der Waals surface area contributed by atoms with Crippen LogP contribution < -0.4 is 5.32 Å². The minimum Gasteiger partial charge on any atom is -0.481 e. The van der Waals surface area contributed by atoms with Gasteiger partial charge >= 0.3 is 12.1 Å². The smallest absolute Gasteiger partial charge is 0.407 e. The van der Waals surface area contributed by atoms with Gasteiger partial charge in [0.25, 0.3) is 0 Å². The number of carboxylic acid groups (broad SMARTS) is 1. The van der Waals surface area contributed by atoms with E-state index in [9.17, 15) is 19.5 Å². The summed E-state index contributed by atoms with van der Waals surface area (Å²) in [6.45, 7) is 2.49. The highest BCUT2D eigenvalue weighted by Gasteiger charge is 2.44. The van der Waals surface area contributed by atoms with Crippen molar-refractivity contribution in [3.8, 4) is 11.1 Å². The normalized spacial score (nSPS) is 22.4. The lowest BCUT2D eigenvalue weighted by molar-refractivity contribution is -0.150. The molecule has 178 valence electrons. The summed E-state index contributed by atoms with van der Waals surface area (Å²) in [6.07, 6.45) is 2.34. The molecular formula is C27H30N2O5. The topological polar surface area (TPSA) is 95.9 Å². The van der Waals surface area contributed by atoms with E-state index in [1.807, 2.05) is 24.3 Å². The fourth-order valence-corrected chi connectivity index (χ4v) is 5.54. The molecule has 1 heterocycles. The quantitative estimate of drug-likeness (QED) is 0.676. The Bertz CT molecular complexity index is 1070. The zero-order valence-electron chi connectivity index (χ0n) is 19.3. The molecule has 0 radical (unpaired) electrons. The summed E-state index contributed by atoms with van der Waals surface area (Å²) in [6, 6.07) is 15.2. The number of alkyl carbamates (subject to hydrolysis) is 1. The standard InChI is InChI=1S/C27H30N2O5/c1-16-18(26(31)32)11-6-14-29(16)25(30)24(17-12-13-17)28-27(33)34-15-23-21-9-4-2-7-19(21)20-8-3-5-10-22(20)23/h2-5,7-10,16-18,23-24H,6,11-15H2,1H3,(H,28,33)(H,31,32)/t16-,18-,24?/m1/s1. The average Bonchev–Trinajstić information content (AvgIpc) is 3.63. The Labute approximate surface area is 199 Å². The summed E-state index contributed by atoms with van der Waals surface area (Å²) in [5.74, 6) is -1.63. The fraction of sp³-hybridized carbons (Fsp3) is 0.444. The van der Waals surface area contributed by atoms with Gasteiger partial charge in [-0.2, -0.15) is 0 Å². The van der Waals surface area contributed by atoms with Crippen molar-refractivity contribution in [2.45, 2.75) is 50.6 Å². The molecule has 2 aromatic rings. The molecule has 1 saturated heterocycles. The molecule has 3 aliphatic rings. The van der Waals surface area contributed by atoms with Crippen LogP contribution in [0, 0.1) is 11.8 Å². The SMILES string of the molecule is C[C@@H]1[C@H](C(=O)O)CCCN1C(=O)C(NC(=O)OCC1c2ccccc2-c2ccccc21)C1CC1. The number of carboxylic acids is 1. The number of likely N-dealkylation sites (tertiary alicyclic amines) is 1. The summed E-state index contributed by atoms with van der Waals surface area (Å²) >= 11 is 0. The Balaban J connectivity index is 1.26. The lowest BCUT2D eigenvalue weighted by atomic mass is 9.89. The second kappa shape index (κ2) is 9.12. The second-order valence-corrected chi connectivity index (χ2v) is 9.64. The zero-order chi connectivity index (χ0) is 23.8. The number of aliphatic carboxylic acids is 1. The molecule has 1 aliphatic heterocycles. The lowest BCUT2D eigenvalue weighted by Gasteiger charge is -2.39. The zero-order valence-corrected chi connectivity index (χ0v) is 19.3. The van der Waals surface area contributed by atoms with Crippen LogP contribution in [0.2, 0.25) is 0 Å². The number of carbonyl (C=O) groups is 3. The lowest BCUT2D eigenvalue weighted by Crippen LogP contribution is -2.56. The Morgan fingerprint density at radius 1 is 1.03 bits per heavy atom. The number of rotatable bonds is 6. The van der Waals surface area contributed by atoms with E-state index in [-0.39, 0.29) is 24.3 Å². The van der Waals surface area contributed by atoms with Crippen molar-refractivity contribution in [1.82, 2.24) is 10.2 Å². The molecule has 2 fully saturated rings. The molecule has 5 rings (SSSR count). The average molecular weight is 463 g/mol. The van der Waals surface area contributed by atoms with E-state index in [0.29, 0.717) is 19.4 Å². The second-order valence-electron chi connectivity index (χ2n) is 9.64. The molecular weight excluding hydrogens is 432 g/mol. The highest BCUT2D eigenvalue weighted by atomic mass is 16.5. The Hall–Kier alpha value is -3.35. The minimum atomic E-state index is -0.877. The van der Waals surface area contributed by atoms with E-state index >= 15 is 0 Å². The van der Waals surface area contributed by atoms with Crippen LogP contribution in [0.3, 0.4) is 0 Å². The molecule has 2 amide bonds. The van der Waals surface area contributed by atoms with Gasteiger partial charge in [0.15, 0.2) is 0 Å². The first-order chi connectivity index (χ1) is 16.5. The molecule has 0 aromatic heterocycles. The number of nitrogens with one attached hydrogen (secondary N) is 1. The van der Waals surface area contributed by atoms with Crippen LogP contribution in [0.15, 0.2) is 48.5 Å². The monoisotopic (exact) mass is 462 g/mol. The highest BCUT2D eigenvalue weighted by molar-refractivity contribution is 5.87. The van der Waals surface area contributed by atoms with Gasteiger partial charge in [0.1, 0.15) is 12.6 Å². The Kier molecular flexibility index (Phi) is 6.02. The predicted octanol–water partition coefficient (Wildman–Crippen LogP) is 4.02. The maximum Gasteiger partial charge on any atom is 0.407 e. The van der Waals surface area contributed by atoms with Gasteiger partial charge in [-0.3, -0.25) is 9.59 Å². The molecule has 0 bridgehead atoms. The van der Waals surface area contributed by atoms with Gasteiger partial charge in [0.05, 0.1) is 5.92 Å². The summed E-state index contributed by atoms with van der Waals surface area (Å²) in [4.78, 5) is 39.4. The summed E-state index contributed by atoms with van der Waals surface area (Å²) in [5, 5.41) is 12.3. The van der Waals surface area contributed by atoms with Gasteiger partial charge in [0, 0.05) is 18.5 Å². The Morgan fingerprint density at radius 3 is 2.24 bits per heavy atom. The number of piperidine rings is 1. The summed E-state index contributed by atoms with van der Waals surface area (Å²) in [5.41, 5.74) is 4.58. The van der Waals surface area contributed by atoms with Gasteiger partial charge in [0.2, 0.25) is 5.91 Å². The number of hydrogen-bond acceptors (Lipinski definition) is 4. The van der Waals surface area contributed by atoms with Crippen LogP contribution >= 0.6 is 0 Å². The van der Waals surface area contributed by atoms with Crippen molar-refractivity contribution in [1.29, 1.82) is 0 Å². The number of hydrogen-bond donors (Lipinski definition) is 2. The van der Waals surface area contributed by atoms with Crippen molar-refractivity contribution in [3.05, 3.63) is 59.7 Å². The minimum absolute atomic E-state index is 0.0494. The van der Waals surface area contributed by atoms with Crippen LogP contribution in [0.5, 0.6) is 0 Å². The van der Waals surface area contributed by atoms with Crippen LogP contribution in [-0.2, 0) is 14.3 Å². The predicted molar refractivity (Wildman–Crippen MR) is 126 cm³/mol. The molecule has 1 saturated carbocycles. The third-order valence-corrected chi connectivity index (χ3v) is 7.56. The summed E-state index contributed by atoms with van der Waals surface area (Å²) in [7, 11) is 0. The molecule has 3 atom stereocenters. The number of carbonyl (C=O) groups excluding carboxylic acids is 2. The molecule has 2 aromatic carbocycles. The number of nitrogens with zero attached hydrogens (tertiary/aromatic N) is 1. The molecule has 1 unspecified atom stereocenters. The first-order valence-electron chi connectivity index (χ1n) is 12.1. The Morgan fingerprint density at radius 2 is 1.65 bits per heavy atom. The molecule has 7 nitrogen and oxygen atoms in total. The van der Waals surface area contributed by atoms with Gasteiger partial charge in [-0.05, 0) is 60.8 Å². The summed E-state index contributed by atoms with van der Waals surface area (Å²) < 4.78 is 5.66. The largest absolute Gasteiger partial charge is 0.481 e. The fourth-order valence-electron chi connectivity index (χ4n) is 5.54. The maximum atomic E-state index is 13.3. The molecule has 34 heavy (non-hydrogen) atoms. The van der Waals surface area contributed by atoms with Crippen LogP contribution in [0.1, 0.15) is 49.7 Å². The van der Waals surface area contributed by atoms with Crippen molar-refractivity contribution < 1.29 is 24.2 Å². The third kappa shape index (κ3) is 4.15. The molecule has 7 heteroatoms. The maximum absolute atomic E-state index is 13.3. The number of ether oxygens (including phenoxy) is 1. The number of amides is 2. The third-order valence-electron chi connectivity index (χ3n) is 7.56. The van der Waals surface area contributed by atoms with E-state index in [1.165, 1.54) is 0 Å². The van der Waals surface area contributed by atoms with E-state index < -0.39 is 30.1 Å². The van der Waals surface area contributed by atoms with Crippen molar-refractivity contribution in [3.63, 3.8) is 0 Å². The van der Waals surface area contributed by atoms with Crippen molar-refractivity contribution >= 4 is 18.0 Å².